The van der Waals surface area contributed by atoms with E-state index in [0.29, 0.717) is 27.6 Å². The number of aliphatic hydroxyl groups is 1. The monoisotopic (exact) mass is 2090 g/mol. The summed E-state index contributed by atoms with van der Waals surface area (Å²) >= 11 is 0. The molecule has 0 spiro atoms. The molecule has 25 N–H and O–H groups in total. The Kier molecular flexibility index (Phi) is 55.6. The number of phenolic OH excluding ortho intramolecular Hbond substituents is 1. The molecule has 1 aliphatic rings. The van der Waals surface area contributed by atoms with Gasteiger partial charge in [-0.15, -0.1) is 0 Å². The third-order valence-corrected chi connectivity index (χ3v) is 26.1. The number of aromatic hydroxyl groups is 1. The smallest absolute Gasteiger partial charge is 0.303 e. The zero-order chi connectivity index (χ0) is 112. The molecule has 1 aromatic heterocycles. The SMILES string of the molecule is CC(=O)N[C@@H](CC(C)C)C(=O)N[C@H](C(=O)N[C@@H](Cc1ccccc1)C(=O)N[C@]1(C)CCCCC#CC#CCCC[C@@](C)(C(=O)CN[C@@H](C)C(=O)CCN[C@@H](C)C(=O)CCN[C@@H](C)C(=O)CCN[C@@H](C)C(=O)CCN[C@@H](C)C(=O)CN[C@H](C)C(N)=O)NC(=O)[C@H](CC(C)C)NN[C@@H](CCC(N)=O)C(=O)CN[C@@H](C)C(=O)CC(=O)[C@H](Cc2c[nH]c3ccccc23)NN[C@@H](Cc2ccc(O)cc2)C(=O)C(=O)[C@H](CCC(=O)O)NC1=O)[C@@H](C)O. The highest BCUT2D eigenvalue weighted by Gasteiger charge is 2.44. The van der Waals surface area contributed by atoms with Crippen LogP contribution >= 0.6 is 0 Å². The number of amides is 8. The Morgan fingerprint density at radius 3 is 1.59 bits per heavy atom. The van der Waals surface area contributed by atoms with Gasteiger partial charge in [0.1, 0.15) is 35.5 Å². The van der Waals surface area contributed by atoms with E-state index >= 15 is 24.0 Å². The summed E-state index contributed by atoms with van der Waals surface area (Å²) in [6, 6.07) is 3.39. The number of hydrogen-bond donors (Lipinski definition) is 23. The summed E-state index contributed by atoms with van der Waals surface area (Å²) < 4.78 is 0. The van der Waals surface area contributed by atoms with Gasteiger partial charge in [0, 0.05) is 108 Å². The summed E-state index contributed by atoms with van der Waals surface area (Å²) in [5.74, 6) is -3.51. The van der Waals surface area contributed by atoms with Crippen molar-refractivity contribution in [3.05, 3.63) is 102 Å². The number of aliphatic hydroxyl groups excluding tert-OH is 1. The molecule has 3 aromatic carbocycles. The number of carbonyl (C=O) groups is 20. The van der Waals surface area contributed by atoms with Gasteiger partial charge in [-0.2, -0.15) is 0 Å². The molecule has 18 atom stereocenters. The van der Waals surface area contributed by atoms with E-state index in [1.54, 1.807) is 116 Å². The molecular formula is C107H158N20O23. The highest BCUT2D eigenvalue weighted by Crippen LogP contribution is 2.25. The highest BCUT2D eigenvalue weighted by atomic mass is 16.4. The van der Waals surface area contributed by atoms with Gasteiger partial charge in [-0.3, -0.25) is 101 Å². The average molecular weight is 2090 g/mol. The fourth-order valence-corrected chi connectivity index (χ4v) is 16.3. The predicted molar refractivity (Wildman–Crippen MR) is 562 cm³/mol. The van der Waals surface area contributed by atoms with Crippen LogP contribution in [0.4, 0.5) is 0 Å². The Balaban J connectivity index is 1.47. The van der Waals surface area contributed by atoms with Gasteiger partial charge in [0.05, 0.1) is 104 Å². The van der Waals surface area contributed by atoms with Crippen LogP contribution in [0.5, 0.6) is 5.75 Å². The van der Waals surface area contributed by atoms with Gasteiger partial charge in [0.25, 0.3) is 0 Å². The van der Waals surface area contributed by atoms with E-state index in [9.17, 15) is 87.2 Å². The summed E-state index contributed by atoms with van der Waals surface area (Å²) in [4.78, 5) is 281. The van der Waals surface area contributed by atoms with Gasteiger partial charge >= 0.3 is 5.97 Å². The van der Waals surface area contributed by atoms with Crippen molar-refractivity contribution in [2.75, 3.05) is 45.8 Å². The fourth-order valence-electron chi connectivity index (χ4n) is 16.3. The minimum absolute atomic E-state index is 0.0379. The second kappa shape index (κ2) is 65.4. The molecule has 1 aliphatic heterocycles. The molecule has 0 unspecified atom stereocenters. The lowest BCUT2D eigenvalue weighted by molar-refractivity contribution is -0.143. The first-order valence-corrected chi connectivity index (χ1v) is 51.4. The Morgan fingerprint density at radius 1 is 0.507 bits per heavy atom. The van der Waals surface area contributed by atoms with E-state index in [-0.39, 0.29) is 195 Å². The van der Waals surface area contributed by atoms with E-state index < -0.39 is 228 Å². The quantitative estimate of drug-likeness (QED) is 0.0159. The van der Waals surface area contributed by atoms with Crippen LogP contribution in [0, 0.1) is 35.5 Å². The van der Waals surface area contributed by atoms with Crippen molar-refractivity contribution in [3.63, 3.8) is 0 Å². The van der Waals surface area contributed by atoms with Crippen molar-refractivity contribution in [2.45, 2.75) is 347 Å². The number of rotatable bonds is 53. The van der Waals surface area contributed by atoms with Crippen molar-refractivity contribution >= 4 is 128 Å². The van der Waals surface area contributed by atoms with Gasteiger partial charge in [-0.05, 0) is 198 Å². The number of carboxylic acids is 1. The summed E-state index contributed by atoms with van der Waals surface area (Å²) in [6.45, 7) is 23.2. The van der Waals surface area contributed by atoms with Crippen molar-refractivity contribution in [1.82, 2.24) is 95.8 Å². The molecule has 43 heteroatoms. The minimum Gasteiger partial charge on any atom is -0.508 e. The zero-order valence-electron chi connectivity index (χ0n) is 88.9. The Morgan fingerprint density at radius 2 is 1.03 bits per heavy atom. The lowest BCUT2D eigenvalue weighted by Gasteiger charge is -2.34. The molecular weight excluding hydrogens is 1930 g/mol. The number of aromatic amines is 1. The number of aromatic nitrogens is 1. The number of primary amides is 2. The molecule has 150 heavy (non-hydrogen) atoms. The number of nitrogens with two attached hydrogens (primary N) is 2. The van der Waals surface area contributed by atoms with Crippen LogP contribution in [0.3, 0.4) is 0 Å². The van der Waals surface area contributed by atoms with E-state index in [1.807, 2.05) is 13.8 Å². The molecule has 824 valence electrons. The molecule has 0 bridgehead atoms. The lowest BCUT2D eigenvalue weighted by Crippen LogP contribution is -2.65. The largest absolute Gasteiger partial charge is 0.508 e. The number of benzene rings is 3. The van der Waals surface area contributed by atoms with Crippen molar-refractivity contribution in [3.8, 4) is 29.4 Å². The third kappa shape index (κ3) is 46.0. The van der Waals surface area contributed by atoms with E-state index in [4.69, 9.17) is 11.5 Å². The number of hydrazine groups is 2. The summed E-state index contributed by atoms with van der Waals surface area (Å²) in [6.07, 6.45) is -3.07. The van der Waals surface area contributed by atoms with E-state index in [1.165, 1.54) is 58.9 Å². The fraction of sp³-hybridized carbons (Fsp3) is 0.589. The number of carbonyl (C=O) groups excluding carboxylic acids is 19. The number of phenols is 1. The number of para-hydroxylation sites is 1. The molecule has 43 nitrogen and oxygen atoms in total. The van der Waals surface area contributed by atoms with Crippen LogP contribution < -0.4 is 102 Å². The molecule has 2 heterocycles. The molecule has 0 aliphatic carbocycles. The number of carboxylic acid groups (broad SMARTS) is 1. The van der Waals surface area contributed by atoms with Gasteiger partial charge < -0.3 is 95.6 Å². The van der Waals surface area contributed by atoms with Crippen LogP contribution in [0.25, 0.3) is 10.9 Å². The van der Waals surface area contributed by atoms with Crippen LogP contribution in [0.1, 0.15) is 236 Å². The minimum atomic E-state index is -2.16. The first kappa shape index (κ1) is 128. The third-order valence-electron chi connectivity index (χ3n) is 26.1. The van der Waals surface area contributed by atoms with Crippen LogP contribution in [-0.2, 0) is 115 Å². The maximum Gasteiger partial charge on any atom is 0.303 e. The number of H-pyrrole nitrogens is 1. The molecule has 0 radical (unpaired) electrons. The number of hydrogen-bond acceptors (Lipinski definition) is 33. The summed E-state index contributed by atoms with van der Waals surface area (Å²) in [5.41, 5.74) is 20.6. The summed E-state index contributed by atoms with van der Waals surface area (Å²) in [7, 11) is 0. The number of ketones is 11. The first-order chi connectivity index (χ1) is 70.8. The van der Waals surface area contributed by atoms with Gasteiger partial charge in [-0.1, -0.05) is 100 Å². The molecule has 8 amide bonds. The number of nitrogens with one attached hydrogen (secondary N) is 18. The molecule has 5 rings (SSSR count). The Labute approximate surface area is 877 Å². The van der Waals surface area contributed by atoms with E-state index in [2.05, 4.69) is 119 Å². The second-order valence-electron chi connectivity index (χ2n) is 40.0. The number of fused-ring (bicyclic) bond motifs is 1. The van der Waals surface area contributed by atoms with Crippen LogP contribution in [0.15, 0.2) is 85.1 Å². The average Bonchev–Trinajstić information content (AvgIpc) is 1.70. The number of Topliss-reactive ketones (excluding diaryl/α,β-unsaturated/α-hetero) is 11. The van der Waals surface area contributed by atoms with Crippen molar-refractivity contribution < 1.29 is 111 Å². The van der Waals surface area contributed by atoms with Crippen LogP contribution in [-0.4, -0.2) is 291 Å². The van der Waals surface area contributed by atoms with Crippen molar-refractivity contribution in [1.29, 1.82) is 0 Å². The van der Waals surface area contributed by atoms with Crippen molar-refractivity contribution in [2.24, 2.45) is 23.3 Å². The maximum atomic E-state index is 15.6. The lowest BCUT2D eigenvalue weighted by atomic mass is 9.88. The highest BCUT2D eigenvalue weighted by molar-refractivity contribution is 6.41. The molecule has 4 aromatic rings. The predicted octanol–water partition coefficient (Wildman–Crippen LogP) is 0.170. The molecule has 0 fully saturated rings. The standard InChI is InChI=1S/C107H158N20O23/c1-62(2)52-83(118-72(13)129)101(146)121-97(71(12)128)104(149)119-84(55-73-30-24-23-25-31-73)102(147)123-107(15)47-29-22-20-18-16-17-19-21-28-46-106(14,94(139)61-116-67(8)89(134)45-50-112-65(6)87(132)43-48-110-64(5)86(131)42-49-111-66(7)88(133)44-51-113-69(10)92(137)59-115-70(11)100(109)145)122-103(148)85(53-63(3)4)127-124-79(38-40-95(108)140)93(138)60-114-68(9)90(135)57-91(136)81(56-75-58-117-78-33-27-26-32-77(75)78)125-126-82(54-74-34-36-76(130)37-35-74)99(144)98(143)80(120-105(107)150)39-41-96(141)142/h23-27,30-37,58,62-71,79-85,97,110-117,124-128,130H,20-22,28-29,38-57,59-61H2,1-15H3,(H2,108,140)(H2,109,145)(H,118,129)(H,119,149)(H,120,150)(H,121,146)(H,122,148)(H,123,147)(H,141,142)/t64-,65-,66-,67-,68-,69-,70+,71+,79-,80-,81-,82-,83-,84-,85-,97-,106-,107+/m0/s1. The van der Waals surface area contributed by atoms with Gasteiger partial charge in [-0.25, -0.2) is 21.7 Å². The number of aliphatic carboxylic acids is 1. The van der Waals surface area contributed by atoms with Crippen LogP contribution in [0.2, 0.25) is 0 Å². The van der Waals surface area contributed by atoms with E-state index in [0.717, 1.165) is 0 Å². The second-order valence-corrected chi connectivity index (χ2v) is 40.0. The Bertz CT molecular complexity index is 5400. The molecule has 0 saturated carbocycles. The van der Waals surface area contributed by atoms with Gasteiger partial charge in [0.2, 0.25) is 58.8 Å². The van der Waals surface area contributed by atoms with Gasteiger partial charge in [0.15, 0.2) is 52.0 Å². The zero-order valence-corrected chi connectivity index (χ0v) is 88.9. The summed E-state index contributed by atoms with van der Waals surface area (Å²) in [5, 5.41) is 69.2. The Hall–Kier alpha value is -12.8. The first-order valence-electron chi connectivity index (χ1n) is 51.4. The normalized spacial score (nSPS) is 21.1. The molecule has 0 saturated heterocycles. The maximum absolute atomic E-state index is 15.6. The topological polar surface area (TPSA) is 674 Å².